The lowest BCUT2D eigenvalue weighted by Crippen LogP contribution is -2.49. The summed E-state index contributed by atoms with van der Waals surface area (Å²) in [6.07, 6.45) is 0.407. The highest BCUT2D eigenvalue weighted by molar-refractivity contribution is 7.93. The minimum Gasteiger partial charge on any atom is -0.394 e. The Morgan fingerprint density at radius 3 is 2.32 bits per heavy atom. The number of sulfonamides is 1. The Hall–Kier alpha value is -2.58. The quantitative estimate of drug-likeness (QED) is 0.783. The highest BCUT2D eigenvalue weighted by atomic mass is 32.2. The molecule has 0 saturated carbocycles. The zero-order chi connectivity index (χ0) is 22.2. The fraction of sp³-hybridized carbons (Fsp3) is 0.435. The van der Waals surface area contributed by atoms with Crippen molar-refractivity contribution in [3.8, 4) is 0 Å². The number of hydrogen-bond acceptors (Lipinski definition) is 5. The number of aliphatic hydroxyl groups is 1. The summed E-state index contributed by atoms with van der Waals surface area (Å²) >= 11 is 0. The molecule has 2 saturated heterocycles. The molecule has 1 atom stereocenters. The van der Waals surface area contributed by atoms with Crippen molar-refractivity contribution >= 4 is 27.3 Å². The largest absolute Gasteiger partial charge is 0.394 e. The average Bonchev–Trinajstić information content (AvgIpc) is 3.08. The highest BCUT2D eigenvalue weighted by Gasteiger charge is 2.37. The number of hydrogen-bond donors (Lipinski definition) is 1. The summed E-state index contributed by atoms with van der Waals surface area (Å²) in [5.41, 5.74) is 4.74. The molecule has 1 N–H and O–H groups in total. The minimum atomic E-state index is -3.42. The summed E-state index contributed by atoms with van der Waals surface area (Å²) in [6, 6.07) is 12.7. The number of amides is 1. The third kappa shape index (κ3) is 4.27. The van der Waals surface area contributed by atoms with Gasteiger partial charge in [0.15, 0.2) is 0 Å². The molecule has 2 aromatic carbocycles. The van der Waals surface area contributed by atoms with Crippen LogP contribution in [0.4, 0.5) is 11.4 Å². The molecule has 2 aliphatic rings. The Labute approximate surface area is 183 Å². The van der Waals surface area contributed by atoms with Crippen molar-refractivity contribution in [1.29, 1.82) is 0 Å². The van der Waals surface area contributed by atoms with Gasteiger partial charge in [-0.1, -0.05) is 17.7 Å². The van der Waals surface area contributed by atoms with Crippen LogP contribution in [0.15, 0.2) is 42.5 Å². The van der Waals surface area contributed by atoms with Gasteiger partial charge in [-0.3, -0.25) is 9.10 Å². The Morgan fingerprint density at radius 1 is 1.03 bits per heavy atom. The molecule has 0 radical (unpaired) electrons. The molecule has 1 amide bonds. The van der Waals surface area contributed by atoms with E-state index in [4.69, 9.17) is 0 Å². The van der Waals surface area contributed by atoms with Gasteiger partial charge in [0.05, 0.1) is 24.1 Å². The van der Waals surface area contributed by atoms with Crippen molar-refractivity contribution in [2.45, 2.75) is 26.3 Å². The lowest BCUT2D eigenvalue weighted by molar-refractivity contribution is 0.0747. The Kier molecular flexibility index (Phi) is 5.94. The number of anilines is 2. The summed E-state index contributed by atoms with van der Waals surface area (Å²) in [7, 11) is -3.42. The van der Waals surface area contributed by atoms with Gasteiger partial charge in [-0.2, -0.15) is 0 Å². The van der Waals surface area contributed by atoms with E-state index in [2.05, 4.69) is 36.9 Å². The molecule has 4 rings (SSSR count). The number of aliphatic hydroxyl groups excluding tert-OH is 1. The van der Waals surface area contributed by atoms with Gasteiger partial charge in [0.1, 0.15) is 0 Å². The normalized spacial score (nSPS) is 20.9. The second-order valence-corrected chi connectivity index (χ2v) is 10.3. The van der Waals surface area contributed by atoms with Crippen molar-refractivity contribution in [3.05, 3.63) is 59.2 Å². The molecule has 166 valence electrons. The van der Waals surface area contributed by atoms with E-state index < -0.39 is 16.1 Å². The molecule has 2 aliphatic heterocycles. The maximum Gasteiger partial charge on any atom is 0.253 e. The summed E-state index contributed by atoms with van der Waals surface area (Å²) in [5.74, 6) is -0.0151. The SMILES string of the molecule is Cc1ccc(N2CCN(C(=O)c3ccc(N4[C@H](CO)CCS4(=O)=O)cc3)CC2)c(C)c1. The number of piperazine rings is 1. The first kappa shape index (κ1) is 21.6. The molecule has 8 heteroatoms. The second kappa shape index (κ2) is 8.51. The molecule has 2 heterocycles. The summed E-state index contributed by atoms with van der Waals surface area (Å²) < 4.78 is 25.9. The monoisotopic (exact) mass is 443 g/mol. The molecule has 0 aromatic heterocycles. The van der Waals surface area contributed by atoms with Crippen LogP contribution in [0.25, 0.3) is 0 Å². The van der Waals surface area contributed by atoms with E-state index in [0.29, 0.717) is 30.8 Å². The summed E-state index contributed by atoms with van der Waals surface area (Å²) in [4.78, 5) is 17.1. The number of rotatable bonds is 4. The summed E-state index contributed by atoms with van der Waals surface area (Å²) in [5, 5.41) is 9.51. The lowest BCUT2D eigenvalue weighted by atomic mass is 10.1. The van der Waals surface area contributed by atoms with Gasteiger partial charge < -0.3 is 14.9 Å². The van der Waals surface area contributed by atoms with Crippen molar-refractivity contribution < 1.29 is 18.3 Å². The topological polar surface area (TPSA) is 81.2 Å². The van der Waals surface area contributed by atoms with Crippen LogP contribution in [-0.4, -0.2) is 68.9 Å². The van der Waals surface area contributed by atoms with Crippen molar-refractivity contribution in [2.75, 3.05) is 47.7 Å². The van der Waals surface area contributed by atoms with Gasteiger partial charge in [-0.05, 0) is 56.2 Å². The third-order valence-electron chi connectivity index (χ3n) is 6.18. The Morgan fingerprint density at radius 2 is 1.71 bits per heavy atom. The summed E-state index contributed by atoms with van der Waals surface area (Å²) in [6.45, 7) is 6.81. The molecule has 0 unspecified atom stereocenters. The zero-order valence-electron chi connectivity index (χ0n) is 18.0. The molecular weight excluding hydrogens is 414 g/mol. The first-order valence-electron chi connectivity index (χ1n) is 10.6. The molecule has 0 spiro atoms. The van der Waals surface area contributed by atoms with Crippen molar-refractivity contribution in [3.63, 3.8) is 0 Å². The molecule has 0 aliphatic carbocycles. The zero-order valence-corrected chi connectivity index (χ0v) is 18.8. The van der Waals surface area contributed by atoms with Crippen LogP contribution in [0.3, 0.4) is 0 Å². The fourth-order valence-electron chi connectivity index (χ4n) is 4.51. The molecule has 0 bridgehead atoms. The second-order valence-electron chi connectivity index (χ2n) is 8.35. The van der Waals surface area contributed by atoms with Crippen LogP contribution in [0.2, 0.25) is 0 Å². The van der Waals surface area contributed by atoms with Crippen LogP contribution in [0.1, 0.15) is 27.9 Å². The first-order valence-corrected chi connectivity index (χ1v) is 12.3. The minimum absolute atomic E-state index is 0.0314. The lowest BCUT2D eigenvalue weighted by Gasteiger charge is -2.37. The molecule has 7 nitrogen and oxygen atoms in total. The molecule has 2 fully saturated rings. The smallest absolute Gasteiger partial charge is 0.253 e. The van der Waals surface area contributed by atoms with Gasteiger partial charge >= 0.3 is 0 Å². The average molecular weight is 444 g/mol. The van der Waals surface area contributed by atoms with Crippen LogP contribution < -0.4 is 9.21 Å². The van der Waals surface area contributed by atoms with Gasteiger partial charge in [-0.25, -0.2) is 8.42 Å². The van der Waals surface area contributed by atoms with E-state index in [9.17, 15) is 18.3 Å². The maximum atomic E-state index is 13.0. The molecule has 31 heavy (non-hydrogen) atoms. The fourth-order valence-corrected chi connectivity index (χ4v) is 6.34. The van der Waals surface area contributed by atoms with Gasteiger partial charge in [-0.15, -0.1) is 0 Å². The van der Waals surface area contributed by atoms with Crippen LogP contribution in [-0.2, 0) is 10.0 Å². The standard InChI is InChI=1S/C23H29N3O4S/c1-17-3-8-22(18(2)15-17)24-10-12-25(13-11-24)23(28)19-4-6-20(7-5-19)26-21(16-27)9-14-31(26,29)30/h3-8,15,21,27H,9-14,16H2,1-2H3/t21-/m0/s1. The van der Waals surface area contributed by atoms with Crippen molar-refractivity contribution in [2.24, 2.45) is 0 Å². The van der Waals surface area contributed by atoms with Gasteiger partial charge in [0, 0.05) is 37.4 Å². The van der Waals surface area contributed by atoms with Crippen LogP contribution in [0.5, 0.6) is 0 Å². The van der Waals surface area contributed by atoms with E-state index >= 15 is 0 Å². The number of carbonyl (C=O) groups excluding carboxylic acids is 1. The van der Waals surface area contributed by atoms with E-state index in [1.807, 2.05) is 4.90 Å². The number of nitrogens with zero attached hydrogens (tertiary/aromatic N) is 3. The van der Waals surface area contributed by atoms with Gasteiger partial charge in [0.25, 0.3) is 5.91 Å². The van der Waals surface area contributed by atoms with Gasteiger partial charge in [0.2, 0.25) is 10.0 Å². The predicted octanol–water partition coefficient (Wildman–Crippen LogP) is 2.17. The molecule has 2 aromatic rings. The van der Waals surface area contributed by atoms with E-state index in [1.54, 1.807) is 24.3 Å². The maximum absolute atomic E-state index is 13.0. The van der Waals surface area contributed by atoms with Crippen LogP contribution in [0, 0.1) is 13.8 Å². The number of benzene rings is 2. The Bertz CT molecular complexity index is 1060. The van der Waals surface area contributed by atoms with E-state index in [1.165, 1.54) is 21.1 Å². The molecular formula is C23H29N3O4S. The Balaban J connectivity index is 1.42. The van der Waals surface area contributed by atoms with E-state index in [-0.39, 0.29) is 18.3 Å². The van der Waals surface area contributed by atoms with Crippen molar-refractivity contribution in [1.82, 2.24) is 4.90 Å². The van der Waals surface area contributed by atoms with Crippen LogP contribution >= 0.6 is 0 Å². The number of carbonyl (C=O) groups is 1. The first-order chi connectivity index (χ1) is 14.8. The predicted molar refractivity (Wildman–Crippen MR) is 122 cm³/mol. The number of aryl methyl sites for hydroxylation is 2. The highest BCUT2D eigenvalue weighted by Crippen LogP contribution is 2.29. The third-order valence-corrected chi connectivity index (χ3v) is 8.04. The van der Waals surface area contributed by atoms with E-state index in [0.717, 1.165) is 13.1 Å².